The van der Waals surface area contributed by atoms with Gasteiger partial charge < -0.3 is 11.2 Å². The summed E-state index contributed by atoms with van der Waals surface area (Å²) in [6.07, 6.45) is 2.49. The maximum atomic E-state index is 10.5. The second-order valence-electron chi connectivity index (χ2n) is 2.43. The molecule has 0 aromatic rings. The van der Waals surface area contributed by atoms with Crippen LogP contribution in [0, 0.1) is 12.3 Å². The van der Waals surface area contributed by atoms with Crippen molar-refractivity contribution < 1.29 is 25.2 Å². The summed E-state index contributed by atoms with van der Waals surface area (Å²) in [5, 5.41) is 0. The van der Waals surface area contributed by atoms with Crippen molar-refractivity contribution >= 4 is 17.4 Å². The normalized spacial score (nSPS) is 8.80. The van der Waals surface area contributed by atoms with Gasteiger partial charge in [-0.05, 0) is 0 Å². The first-order valence-corrected chi connectivity index (χ1v) is 3.62. The van der Waals surface area contributed by atoms with E-state index in [2.05, 4.69) is 13.8 Å². The van der Waals surface area contributed by atoms with Gasteiger partial charge in [-0.3, -0.25) is 0 Å². The molecule has 0 heterocycles. The second-order valence-corrected chi connectivity index (χ2v) is 2.70. The van der Waals surface area contributed by atoms with E-state index in [0.717, 1.165) is 6.42 Å². The predicted molar refractivity (Wildman–Crippen MR) is 39.5 cm³/mol. The minimum atomic E-state index is 0. The van der Waals surface area contributed by atoms with Gasteiger partial charge in [-0.1, -0.05) is 19.8 Å². The number of Topliss-reactive ketones (excluding diaryl/α,β-unsaturated/α-hetero) is 1. The van der Waals surface area contributed by atoms with Crippen molar-refractivity contribution in [1.82, 2.24) is 0 Å². The number of ketones is 1. The number of carbonyl (C=O) groups is 1. The van der Waals surface area contributed by atoms with E-state index in [4.69, 9.17) is 11.6 Å². The standard InChI is InChI=1S/C7H12ClO.Pd/c1-6(2)3-4-7(9)5-8;/h4,6H,3,5H2,1-2H3;/q-1;. The Hall–Kier alpha value is 0.492. The van der Waals surface area contributed by atoms with Gasteiger partial charge in [-0.25, -0.2) is 0 Å². The van der Waals surface area contributed by atoms with Crippen molar-refractivity contribution in [2.24, 2.45) is 5.92 Å². The molecule has 0 fully saturated rings. The molecule has 0 atom stereocenters. The van der Waals surface area contributed by atoms with Crippen molar-refractivity contribution in [2.75, 3.05) is 5.88 Å². The monoisotopic (exact) mass is 253 g/mol. The van der Waals surface area contributed by atoms with E-state index >= 15 is 0 Å². The molecular formula is C7H12ClOPd-. The van der Waals surface area contributed by atoms with Gasteiger partial charge in [-0.2, -0.15) is 6.42 Å². The van der Waals surface area contributed by atoms with Crippen LogP contribution in [0.4, 0.5) is 0 Å². The van der Waals surface area contributed by atoms with Gasteiger partial charge in [0.1, 0.15) is 0 Å². The van der Waals surface area contributed by atoms with Gasteiger partial charge in [0.2, 0.25) is 0 Å². The minimum Gasteiger partial charge on any atom is -0.333 e. The summed E-state index contributed by atoms with van der Waals surface area (Å²) in [5.41, 5.74) is 0. The van der Waals surface area contributed by atoms with Crippen LogP contribution in [0.25, 0.3) is 0 Å². The summed E-state index contributed by atoms with van der Waals surface area (Å²) in [5.74, 6) is 0.703. The molecule has 0 amide bonds. The topological polar surface area (TPSA) is 17.1 Å². The molecule has 0 aliphatic carbocycles. The summed E-state index contributed by atoms with van der Waals surface area (Å²) in [6.45, 7) is 4.13. The Labute approximate surface area is 81.2 Å². The molecule has 1 nitrogen and oxygen atoms in total. The summed E-state index contributed by atoms with van der Waals surface area (Å²) < 4.78 is 0. The van der Waals surface area contributed by atoms with E-state index in [1.807, 2.05) is 0 Å². The Balaban J connectivity index is 0. The third kappa shape index (κ3) is 8.49. The Morgan fingerprint density at radius 3 is 2.40 bits per heavy atom. The fraction of sp³-hybridized carbons (Fsp3) is 0.714. The third-order valence-electron chi connectivity index (χ3n) is 0.949. The molecule has 0 N–H and O–H groups in total. The Morgan fingerprint density at radius 1 is 1.60 bits per heavy atom. The molecule has 0 aromatic heterocycles. The minimum absolute atomic E-state index is 0. The Morgan fingerprint density at radius 2 is 2.10 bits per heavy atom. The molecule has 0 unspecified atom stereocenters. The average Bonchev–Trinajstić information content (AvgIpc) is 1.83. The van der Waals surface area contributed by atoms with E-state index in [-0.39, 0.29) is 32.1 Å². The summed E-state index contributed by atoms with van der Waals surface area (Å²) in [4.78, 5) is 10.5. The summed E-state index contributed by atoms with van der Waals surface area (Å²) in [7, 11) is 0. The number of carbonyl (C=O) groups excluding carboxylic acids is 1. The zero-order chi connectivity index (χ0) is 7.28. The van der Waals surface area contributed by atoms with Crippen molar-refractivity contribution in [3.8, 4) is 0 Å². The molecule has 10 heavy (non-hydrogen) atoms. The van der Waals surface area contributed by atoms with Gasteiger partial charge >= 0.3 is 0 Å². The van der Waals surface area contributed by atoms with Crippen molar-refractivity contribution in [3.63, 3.8) is 0 Å². The smallest absolute Gasteiger partial charge is 0.0523 e. The maximum Gasteiger partial charge on any atom is 0.0523 e. The van der Waals surface area contributed by atoms with Crippen LogP contribution in [-0.4, -0.2) is 11.7 Å². The molecule has 0 aliphatic rings. The van der Waals surface area contributed by atoms with Gasteiger partial charge in [0.15, 0.2) is 0 Å². The predicted octanol–water partition coefficient (Wildman–Crippen LogP) is 2.04. The molecule has 0 saturated carbocycles. The second kappa shape index (κ2) is 7.60. The molecule has 0 bridgehead atoms. The molecule has 0 rings (SSSR count). The molecule has 0 saturated heterocycles. The van der Waals surface area contributed by atoms with Crippen molar-refractivity contribution in [2.45, 2.75) is 20.3 Å². The number of halogens is 1. The number of alkyl halides is 1. The van der Waals surface area contributed by atoms with E-state index < -0.39 is 0 Å². The van der Waals surface area contributed by atoms with E-state index in [0.29, 0.717) is 5.92 Å². The Bertz CT molecular complexity index is 93.6. The first kappa shape index (κ1) is 13.1. The number of hydrogen-bond acceptors (Lipinski definition) is 1. The molecule has 0 aliphatic heterocycles. The van der Waals surface area contributed by atoms with Crippen molar-refractivity contribution in [1.29, 1.82) is 0 Å². The SMILES string of the molecule is CC(C)C[CH-]C(=O)CCl.[Pd]. The average molecular weight is 254 g/mol. The van der Waals surface area contributed by atoms with Crippen LogP contribution in [-0.2, 0) is 25.2 Å². The van der Waals surface area contributed by atoms with Crippen LogP contribution in [0.5, 0.6) is 0 Å². The first-order chi connectivity index (χ1) is 4.16. The van der Waals surface area contributed by atoms with Crippen LogP contribution >= 0.6 is 11.6 Å². The first-order valence-electron chi connectivity index (χ1n) is 3.08. The fourth-order valence-electron chi connectivity index (χ4n) is 0.422. The van der Waals surface area contributed by atoms with Crippen LogP contribution < -0.4 is 0 Å². The molecular weight excluding hydrogens is 242 g/mol. The van der Waals surface area contributed by atoms with E-state index in [9.17, 15) is 4.79 Å². The van der Waals surface area contributed by atoms with Gasteiger partial charge in [-0.15, -0.1) is 11.6 Å². The van der Waals surface area contributed by atoms with Gasteiger partial charge in [0.25, 0.3) is 0 Å². The largest absolute Gasteiger partial charge is 0.333 e. The third-order valence-corrected chi connectivity index (χ3v) is 1.21. The zero-order valence-electron chi connectivity index (χ0n) is 6.17. The Kier molecular flexibility index (Phi) is 9.96. The number of rotatable bonds is 4. The van der Waals surface area contributed by atoms with Gasteiger partial charge in [0.05, 0.1) is 5.88 Å². The maximum absolute atomic E-state index is 10.5. The summed E-state index contributed by atoms with van der Waals surface area (Å²) in [6, 6.07) is 0. The van der Waals surface area contributed by atoms with Crippen LogP contribution in [0.2, 0.25) is 0 Å². The van der Waals surface area contributed by atoms with Crippen LogP contribution in [0.1, 0.15) is 20.3 Å². The molecule has 64 valence electrons. The van der Waals surface area contributed by atoms with Crippen LogP contribution in [0.3, 0.4) is 0 Å². The molecule has 3 heteroatoms. The summed E-state index contributed by atoms with van der Waals surface area (Å²) >= 11 is 5.25. The molecule has 0 aromatic carbocycles. The van der Waals surface area contributed by atoms with Crippen molar-refractivity contribution in [3.05, 3.63) is 6.42 Å². The zero-order valence-corrected chi connectivity index (χ0v) is 8.48. The van der Waals surface area contributed by atoms with Crippen LogP contribution in [0.15, 0.2) is 0 Å². The van der Waals surface area contributed by atoms with E-state index in [1.165, 1.54) is 0 Å². The van der Waals surface area contributed by atoms with Gasteiger partial charge in [0, 0.05) is 26.2 Å². The quantitative estimate of drug-likeness (QED) is 0.426. The molecule has 0 radical (unpaired) electrons. The fourth-order valence-corrected chi connectivity index (χ4v) is 0.531. The number of hydrogen-bond donors (Lipinski definition) is 0. The molecule has 0 spiro atoms. The van der Waals surface area contributed by atoms with E-state index in [1.54, 1.807) is 6.42 Å².